The summed E-state index contributed by atoms with van der Waals surface area (Å²) in [7, 11) is 0. The van der Waals surface area contributed by atoms with E-state index < -0.39 is 0 Å². The van der Waals surface area contributed by atoms with Gasteiger partial charge in [0.2, 0.25) is 11.8 Å². The third-order valence-electron chi connectivity index (χ3n) is 6.14. The zero-order chi connectivity index (χ0) is 17.2. The first-order valence-corrected chi connectivity index (χ1v) is 9.84. The van der Waals surface area contributed by atoms with Crippen LogP contribution in [0.2, 0.25) is 0 Å². The smallest absolute Gasteiger partial charge is 0.226 e. The number of nitrogens with zero attached hydrogens (tertiary/aromatic N) is 2. The number of amides is 2. The van der Waals surface area contributed by atoms with Gasteiger partial charge < -0.3 is 9.80 Å². The second kappa shape index (κ2) is 7.19. The van der Waals surface area contributed by atoms with Crippen LogP contribution in [-0.2, 0) is 16.0 Å². The third kappa shape index (κ3) is 3.73. The summed E-state index contributed by atoms with van der Waals surface area (Å²) in [5, 5.41) is 0. The van der Waals surface area contributed by atoms with E-state index in [1.807, 2.05) is 9.80 Å². The second-order valence-electron chi connectivity index (χ2n) is 7.94. The van der Waals surface area contributed by atoms with E-state index in [0.29, 0.717) is 5.92 Å². The van der Waals surface area contributed by atoms with Crippen LogP contribution in [0.15, 0.2) is 30.3 Å². The lowest BCUT2D eigenvalue weighted by molar-refractivity contribution is -0.138. The third-order valence-corrected chi connectivity index (χ3v) is 6.14. The monoisotopic (exact) mass is 340 g/mol. The molecular weight excluding hydrogens is 312 g/mol. The highest BCUT2D eigenvalue weighted by Gasteiger charge is 2.51. The Morgan fingerprint density at radius 3 is 2.00 bits per heavy atom. The fourth-order valence-corrected chi connectivity index (χ4v) is 4.45. The van der Waals surface area contributed by atoms with E-state index in [1.54, 1.807) is 0 Å². The first-order chi connectivity index (χ1) is 12.2. The van der Waals surface area contributed by atoms with Gasteiger partial charge in [0.1, 0.15) is 0 Å². The minimum absolute atomic E-state index is 0.0207. The van der Waals surface area contributed by atoms with Gasteiger partial charge in [-0.25, -0.2) is 0 Å². The van der Waals surface area contributed by atoms with E-state index >= 15 is 0 Å². The number of carbonyl (C=O) groups excluding carboxylic acids is 2. The van der Waals surface area contributed by atoms with E-state index in [2.05, 4.69) is 30.3 Å². The molecule has 4 rings (SSSR count). The van der Waals surface area contributed by atoms with Crippen molar-refractivity contribution in [2.24, 2.45) is 17.8 Å². The normalized spacial score (nSPS) is 26.7. The number of benzene rings is 1. The number of rotatable bonds is 4. The standard InChI is InChI=1S/C21H28N2O2/c24-20(22-10-4-5-11-22)18-15-19(18)21(25)23-12-8-17(9-13-23)14-16-6-2-1-3-7-16/h1-3,6-7,17-19H,4-5,8-15H2. The maximum absolute atomic E-state index is 12.7. The van der Waals surface area contributed by atoms with Gasteiger partial charge in [-0.1, -0.05) is 30.3 Å². The number of piperidine rings is 1. The second-order valence-corrected chi connectivity index (χ2v) is 7.94. The molecule has 3 aliphatic rings. The molecular formula is C21H28N2O2. The molecule has 1 saturated carbocycles. The molecule has 0 bridgehead atoms. The van der Waals surface area contributed by atoms with Gasteiger partial charge in [0.25, 0.3) is 0 Å². The Kier molecular flexibility index (Phi) is 4.78. The molecule has 2 atom stereocenters. The molecule has 2 amide bonds. The van der Waals surface area contributed by atoms with E-state index in [4.69, 9.17) is 0 Å². The molecule has 2 saturated heterocycles. The molecule has 1 aliphatic carbocycles. The lowest BCUT2D eigenvalue weighted by Gasteiger charge is -2.32. The lowest BCUT2D eigenvalue weighted by atomic mass is 9.90. The Hall–Kier alpha value is -1.84. The molecule has 0 aromatic heterocycles. The van der Waals surface area contributed by atoms with Gasteiger partial charge in [-0.3, -0.25) is 9.59 Å². The van der Waals surface area contributed by atoms with Crippen LogP contribution in [-0.4, -0.2) is 47.8 Å². The van der Waals surface area contributed by atoms with E-state index in [9.17, 15) is 9.59 Å². The van der Waals surface area contributed by atoms with Crippen molar-refractivity contribution in [3.05, 3.63) is 35.9 Å². The minimum Gasteiger partial charge on any atom is -0.342 e. The zero-order valence-electron chi connectivity index (χ0n) is 14.9. The molecule has 0 spiro atoms. The summed E-state index contributed by atoms with van der Waals surface area (Å²) in [4.78, 5) is 29.1. The molecule has 2 aliphatic heterocycles. The van der Waals surface area contributed by atoms with Crippen LogP contribution in [0.3, 0.4) is 0 Å². The largest absolute Gasteiger partial charge is 0.342 e. The lowest BCUT2D eigenvalue weighted by Crippen LogP contribution is -2.40. The molecule has 4 nitrogen and oxygen atoms in total. The van der Waals surface area contributed by atoms with Crippen molar-refractivity contribution in [3.63, 3.8) is 0 Å². The molecule has 0 radical (unpaired) electrons. The van der Waals surface area contributed by atoms with E-state index in [0.717, 1.165) is 64.7 Å². The van der Waals surface area contributed by atoms with Crippen molar-refractivity contribution >= 4 is 11.8 Å². The molecule has 1 aromatic carbocycles. The van der Waals surface area contributed by atoms with Gasteiger partial charge in [-0.2, -0.15) is 0 Å². The summed E-state index contributed by atoms with van der Waals surface area (Å²) in [5.74, 6) is 1.09. The average molecular weight is 340 g/mol. The SMILES string of the molecule is O=C(C1CC1C(=O)N1CCC(Cc2ccccc2)CC1)N1CCCC1. The maximum Gasteiger partial charge on any atom is 0.226 e. The highest BCUT2D eigenvalue weighted by atomic mass is 16.2. The molecule has 1 aromatic rings. The zero-order valence-corrected chi connectivity index (χ0v) is 14.9. The highest BCUT2D eigenvalue weighted by molar-refractivity contribution is 5.92. The topological polar surface area (TPSA) is 40.6 Å². The Morgan fingerprint density at radius 1 is 0.840 bits per heavy atom. The Labute approximate surface area is 150 Å². The van der Waals surface area contributed by atoms with Gasteiger partial charge in [-0.15, -0.1) is 0 Å². The summed E-state index contributed by atoms with van der Waals surface area (Å²) in [6, 6.07) is 10.6. The van der Waals surface area contributed by atoms with Gasteiger partial charge in [0.15, 0.2) is 0 Å². The van der Waals surface area contributed by atoms with Crippen LogP contribution >= 0.6 is 0 Å². The first-order valence-electron chi connectivity index (χ1n) is 9.84. The summed E-state index contributed by atoms with van der Waals surface area (Å²) in [5.41, 5.74) is 1.39. The fraction of sp³-hybridized carbons (Fsp3) is 0.619. The first kappa shape index (κ1) is 16.6. The van der Waals surface area contributed by atoms with Crippen LogP contribution in [0.5, 0.6) is 0 Å². The van der Waals surface area contributed by atoms with Gasteiger partial charge in [0, 0.05) is 26.2 Å². The molecule has 2 heterocycles. The Bertz CT molecular complexity index is 616. The van der Waals surface area contributed by atoms with Gasteiger partial charge in [0.05, 0.1) is 11.8 Å². The van der Waals surface area contributed by atoms with Crippen LogP contribution in [0, 0.1) is 17.8 Å². The van der Waals surface area contributed by atoms with Crippen LogP contribution in [0.25, 0.3) is 0 Å². The van der Waals surface area contributed by atoms with Crippen molar-refractivity contribution in [3.8, 4) is 0 Å². The summed E-state index contributed by atoms with van der Waals surface area (Å²) >= 11 is 0. The van der Waals surface area contributed by atoms with E-state index in [1.165, 1.54) is 5.56 Å². The van der Waals surface area contributed by atoms with Crippen molar-refractivity contribution in [2.75, 3.05) is 26.2 Å². The van der Waals surface area contributed by atoms with Gasteiger partial charge in [-0.05, 0) is 50.0 Å². The average Bonchev–Trinajstić information content (AvgIpc) is 3.26. The van der Waals surface area contributed by atoms with Crippen LogP contribution in [0.4, 0.5) is 0 Å². The molecule has 134 valence electrons. The molecule has 2 unspecified atom stereocenters. The number of likely N-dealkylation sites (tertiary alicyclic amines) is 2. The van der Waals surface area contributed by atoms with E-state index in [-0.39, 0.29) is 23.7 Å². The van der Waals surface area contributed by atoms with Gasteiger partial charge >= 0.3 is 0 Å². The maximum atomic E-state index is 12.7. The number of carbonyl (C=O) groups is 2. The summed E-state index contributed by atoms with van der Waals surface area (Å²) < 4.78 is 0. The Morgan fingerprint density at radius 2 is 1.40 bits per heavy atom. The number of hydrogen-bond donors (Lipinski definition) is 0. The minimum atomic E-state index is -0.0289. The molecule has 25 heavy (non-hydrogen) atoms. The summed E-state index contributed by atoms with van der Waals surface area (Å²) in [6.45, 7) is 3.50. The quantitative estimate of drug-likeness (QED) is 0.846. The Balaban J connectivity index is 1.24. The predicted octanol–water partition coefficient (Wildman–Crippen LogP) is 2.73. The molecule has 3 fully saturated rings. The van der Waals surface area contributed by atoms with Crippen molar-refractivity contribution in [1.29, 1.82) is 0 Å². The molecule has 4 heteroatoms. The fourth-order valence-electron chi connectivity index (χ4n) is 4.45. The van der Waals surface area contributed by atoms with Crippen LogP contribution in [0.1, 0.15) is 37.7 Å². The highest BCUT2D eigenvalue weighted by Crippen LogP contribution is 2.42. The van der Waals surface area contributed by atoms with Crippen LogP contribution < -0.4 is 0 Å². The van der Waals surface area contributed by atoms with Crippen molar-refractivity contribution in [2.45, 2.75) is 38.5 Å². The van der Waals surface area contributed by atoms with Crippen molar-refractivity contribution < 1.29 is 9.59 Å². The predicted molar refractivity (Wildman–Crippen MR) is 96.9 cm³/mol. The van der Waals surface area contributed by atoms with Crippen molar-refractivity contribution in [1.82, 2.24) is 9.80 Å². The molecule has 0 N–H and O–H groups in total. The summed E-state index contributed by atoms with van der Waals surface area (Å²) in [6.07, 6.45) is 6.29. The number of hydrogen-bond acceptors (Lipinski definition) is 2.